The van der Waals surface area contributed by atoms with Crippen LogP contribution in [0.15, 0.2) is 0 Å². The van der Waals surface area contributed by atoms with E-state index in [9.17, 15) is 0 Å². The van der Waals surface area contributed by atoms with Crippen molar-refractivity contribution in [1.29, 1.82) is 0 Å². The molecule has 0 atom stereocenters. The van der Waals surface area contributed by atoms with Crippen molar-refractivity contribution in [3.05, 3.63) is 0 Å². The molecule has 1 rings (SSSR count). The van der Waals surface area contributed by atoms with E-state index in [1.807, 2.05) is 0 Å². The van der Waals surface area contributed by atoms with E-state index in [1.165, 1.54) is 40.8 Å². The molecule has 0 unspecified atom stereocenters. The molecule has 7 heteroatoms. The van der Waals surface area contributed by atoms with Gasteiger partial charge in [-0.15, -0.1) is 0 Å². The summed E-state index contributed by atoms with van der Waals surface area (Å²) in [5.41, 5.74) is 0. The van der Waals surface area contributed by atoms with Gasteiger partial charge in [0.2, 0.25) is 0 Å². The van der Waals surface area contributed by atoms with Crippen molar-refractivity contribution < 1.29 is 18.1 Å². The summed E-state index contributed by atoms with van der Waals surface area (Å²) in [4.78, 5) is 0. The maximum atomic E-state index is 9.11. The Morgan fingerprint density at radius 3 is 1.67 bits per heavy atom. The molecule has 0 amide bonds. The average Bonchev–Trinajstić information content (AvgIpc) is 2.41. The van der Waals surface area contributed by atoms with Gasteiger partial charge in [0.1, 0.15) is 0 Å². The molecule has 70 valence electrons. The van der Waals surface area contributed by atoms with Crippen LogP contribution in [0, 0.1) is 0 Å². The molecule has 2 N–H and O–H groups in total. The van der Waals surface area contributed by atoms with Crippen LogP contribution in [0.25, 0.3) is 0 Å². The topological polar surface area (TPSA) is 66.8 Å². The van der Waals surface area contributed by atoms with Crippen molar-refractivity contribution in [2.45, 2.75) is 17.0 Å². The van der Waals surface area contributed by atoms with E-state index in [1.54, 1.807) is 0 Å². The summed E-state index contributed by atoms with van der Waals surface area (Å²) < 4.78 is 31.0. The molecule has 0 aliphatic carbocycles. The molecule has 0 aromatic rings. The summed E-state index contributed by atoms with van der Waals surface area (Å²) in [5, 5.41) is 0. The van der Waals surface area contributed by atoms with E-state index in [2.05, 4.69) is 15.4 Å². The molecule has 0 radical (unpaired) electrons. The molecule has 12 heavy (non-hydrogen) atoms. The van der Waals surface area contributed by atoms with Gasteiger partial charge in [-0.1, -0.05) is 0 Å². The number of rotatable bonds is 0. The zero-order chi connectivity index (χ0) is 10.0. The molecule has 0 saturated carbocycles. The minimum atomic E-state index is -3.83. The molecule has 1 saturated heterocycles. The Morgan fingerprint density at radius 1 is 1.33 bits per heavy atom. The van der Waals surface area contributed by atoms with Crippen LogP contribution in [-0.4, -0.2) is 54.5 Å². The van der Waals surface area contributed by atoms with Gasteiger partial charge in [0.15, 0.2) is 0 Å². The summed E-state index contributed by atoms with van der Waals surface area (Å²) in [6.45, 7) is 2.00. The van der Waals surface area contributed by atoms with Crippen LogP contribution in [0.3, 0.4) is 0 Å². The molecule has 0 aromatic carbocycles. The third-order valence-corrected chi connectivity index (χ3v) is 0.827. The standard InChI is InChI=1S/C4H8O.CH3.Na.H2O3S2/c1-2-4-5-3-1;;;1-5(2,3)4/h1-4H2;1H3;;(H2,1,2,3,4). The molecule has 0 bridgehead atoms. The van der Waals surface area contributed by atoms with Gasteiger partial charge in [0, 0.05) is 24.4 Å². The van der Waals surface area contributed by atoms with Gasteiger partial charge in [-0.2, -0.15) is 4.21 Å². The second-order valence-corrected chi connectivity index (χ2v) is 3.97. The van der Waals surface area contributed by atoms with Crippen LogP contribution in [0.4, 0.5) is 0 Å². The van der Waals surface area contributed by atoms with E-state index >= 15 is 0 Å². The normalized spacial score (nSPS) is 15.4. The summed E-state index contributed by atoms with van der Waals surface area (Å²) in [6.07, 6.45) is 2.56. The third-order valence-electron chi connectivity index (χ3n) is 0.827. The zero-order valence-corrected chi connectivity index (χ0v) is 11.0. The molecule has 4 nitrogen and oxygen atoms in total. The average molecular weight is 224 g/mol. The summed E-state index contributed by atoms with van der Waals surface area (Å²) in [5.74, 6) is 0. The van der Waals surface area contributed by atoms with Crippen molar-refractivity contribution in [2.24, 2.45) is 0 Å². The van der Waals surface area contributed by atoms with Crippen molar-refractivity contribution in [3.8, 4) is 0 Å². The first-order valence-corrected chi connectivity index (χ1v) is 8.17. The van der Waals surface area contributed by atoms with Gasteiger partial charge >= 0.3 is 32.1 Å². The van der Waals surface area contributed by atoms with Crippen LogP contribution < -0.4 is 0 Å². The predicted octanol–water partition coefficient (Wildman–Crippen LogP) is 0.679. The Labute approximate surface area is 95.8 Å². The van der Waals surface area contributed by atoms with E-state index in [-0.39, 0.29) is 0 Å². The summed E-state index contributed by atoms with van der Waals surface area (Å²) in [7, 11) is -3.83. The molecule has 1 fully saturated rings. The van der Waals surface area contributed by atoms with Crippen LogP contribution in [0.5, 0.6) is 0 Å². The van der Waals surface area contributed by atoms with Crippen molar-refractivity contribution in [1.82, 2.24) is 0 Å². The van der Waals surface area contributed by atoms with Crippen LogP contribution in [0.2, 0.25) is 4.17 Å². The van der Waals surface area contributed by atoms with Crippen molar-refractivity contribution in [2.75, 3.05) is 13.2 Å². The minimum absolute atomic E-state index is 1.00. The first-order valence-electron chi connectivity index (χ1n) is 3.78. The van der Waals surface area contributed by atoms with Crippen LogP contribution in [-0.2, 0) is 25.0 Å². The van der Waals surface area contributed by atoms with Gasteiger partial charge in [-0.25, -0.2) is 0 Å². The van der Waals surface area contributed by atoms with Crippen molar-refractivity contribution in [3.63, 3.8) is 0 Å². The monoisotopic (exact) mass is 224 g/mol. The fraction of sp³-hybridized carbons (Fsp3) is 1.00. The zero-order valence-electron chi connectivity index (χ0n) is 7.36. The summed E-state index contributed by atoms with van der Waals surface area (Å²) >= 11 is 4.77. The Kier molecular flexibility index (Phi) is 13.5. The fourth-order valence-corrected chi connectivity index (χ4v) is 0.510. The van der Waals surface area contributed by atoms with Gasteiger partial charge in [0.05, 0.1) is 0 Å². The number of ether oxygens (including phenoxy) is 1. The molecule has 1 aliphatic rings. The van der Waals surface area contributed by atoms with Crippen LogP contribution in [0.1, 0.15) is 12.8 Å². The second-order valence-electron chi connectivity index (χ2n) is 1.77. The van der Waals surface area contributed by atoms with Crippen LogP contribution >= 0.6 is 0 Å². The SMILES string of the molecule is C1CCOC1.O=S(O)(O)=S.[CH3][Na]. The first-order chi connectivity index (χ1) is 5.50. The Hall–Kier alpha value is 1.25. The molecular formula is C5H13NaO4S2. The molecular weight excluding hydrogens is 211 g/mol. The molecule has 0 spiro atoms. The van der Waals surface area contributed by atoms with E-state index in [4.69, 9.17) is 18.1 Å². The molecule has 1 heterocycles. The maximum absolute atomic E-state index is 9.11. The van der Waals surface area contributed by atoms with E-state index in [0.29, 0.717) is 0 Å². The second kappa shape index (κ2) is 10.3. The van der Waals surface area contributed by atoms with E-state index in [0.717, 1.165) is 13.2 Å². The number of hydrogen-bond acceptors (Lipinski definition) is 3. The van der Waals surface area contributed by atoms with Gasteiger partial charge in [-0.3, -0.25) is 9.11 Å². The van der Waals surface area contributed by atoms with Gasteiger partial charge in [0.25, 0.3) is 9.05 Å². The Bertz CT molecular complexity index is 149. The number of hydrogen-bond donors (Lipinski definition) is 2. The summed E-state index contributed by atoms with van der Waals surface area (Å²) in [6, 6.07) is 0. The quantitative estimate of drug-likeness (QED) is 0.592. The fourth-order valence-electron chi connectivity index (χ4n) is 0.510. The molecule has 0 aromatic heterocycles. The van der Waals surface area contributed by atoms with Crippen molar-refractivity contribution >= 4 is 48.2 Å². The van der Waals surface area contributed by atoms with Gasteiger partial charge < -0.3 is 4.74 Å². The third kappa shape index (κ3) is 30.3. The Morgan fingerprint density at radius 2 is 1.58 bits per heavy atom. The van der Waals surface area contributed by atoms with E-state index < -0.39 is 9.05 Å². The molecule has 1 aliphatic heterocycles. The first kappa shape index (κ1) is 15.7. The predicted molar refractivity (Wildman–Crippen MR) is 52.4 cm³/mol. The van der Waals surface area contributed by atoms with Gasteiger partial charge in [-0.05, 0) is 12.8 Å². The Balaban J connectivity index is 0.